The molecular formula is C17H20N4O3S. The van der Waals surface area contributed by atoms with Crippen LogP contribution in [0.2, 0.25) is 0 Å². The number of sulfonamides is 1. The normalized spacial score (nSPS) is 14.6. The fourth-order valence-electron chi connectivity index (χ4n) is 2.48. The van der Waals surface area contributed by atoms with Gasteiger partial charge in [0.15, 0.2) is 0 Å². The lowest BCUT2D eigenvalue weighted by Crippen LogP contribution is -2.15. The molecule has 0 bridgehead atoms. The van der Waals surface area contributed by atoms with Crippen LogP contribution in [0.25, 0.3) is 0 Å². The summed E-state index contributed by atoms with van der Waals surface area (Å²) in [4.78, 5) is 15.7. The molecule has 2 heterocycles. The molecule has 0 fully saturated rings. The summed E-state index contributed by atoms with van der Waals surface area (Å²) < 4.78 is 27.6. The lowest BCUT2D eigenvalue weighted by Gasteiger charge is -2.13. The van der Waals surface area contributed by atoms with Crippen LogP contribution < -0.4 is 15.4 Å². The van der Waals surface area contributed by atoms with E-state index < -0.39 is 10.0 Å². The smallest absolute Gasteiger partial charge is 0.261 e. The first-order chi connectivity index (χ1) is 11.9. The highest BCUT2D eigenvalue weighted by molar-refractivity contribution is 7.92. The molecule has 7 nitrogen and oxygen atoms in total. The molecule has 1 aliphatic rings. The Morgan fingerprint density at radius 1 is 1.28 bits per heavy atom. The van der Waals surface area contributed by atoms with Crippen molar-refractivity contribution < 1.29 is 13.2 Å². The van der Waals surface area contributed by atoms with Crippen LogP contribution in [-0.4, -0.2) is 25.4 Å². The van der Waals surface area contributed by atoms with Gasteiger partial charge in [-0.3, -0.25) is 9.52 Å². The summed E-state index contributed by atoms with van der Waals surface area (Å²) in [5.41, 5.74) is 1.72. The van der Waals surface area contributed by atoms with Crippen molar-refractivity contribution in [2.75, 3.05) is 15.4 Å². The van der Waals surface area contributed by atoms with Gasteiger partial charge in [-0.2, -0.15) is 0 Å². The molecule has 8 heteroatoms. The molecule has 1 atom stereocenters. The molecule has 1 aromatic carbocycles. The molecular weight excluding hydrogens is 340 g/mol. The molecule has 0 saturated carbocycles. The average molecular weight is 360 g/mol. The second-order valence-corrected chi connectivity index (χ2v) is 7.72. The summed E-state index contributed by atoms with van der Waals surface area (Å²) in [5, 5.41) is 5.90. The maximum absolute atomic E-state index is 12.5. The number of benzene rings is 1. The van der Waals surface area contributed by atoms with E-state index in [0.29, 0.717) is 22.8 Å². The molecule has 1 unspecified atom stereocenters. The lowest BCUT2D eigenvalue weighted by atomic mass is 10.2. The Balaban J connectivity index is 1.76. The van der Waals surface area contributed by atoms with Gasteiger partial charge in [-0.05, 0) is 49.2 Å². The number of anilines is 3. The van der Waals surface area contributed by atoms with Gasteiger partial charge in [0, 0.05) is 11.7 Å². The van der Waals surface area contributed by atoms with Crippen LogP contribution in [0, 0.1) is 0 Å². The Kier molecular flexibility index (Phi) is 4.63. The molecule has 3 rings (SSSR count). The largest absolute Gasteiger partial charge is 0.368 e. The van der Waals surface area contributed by atoms with Gasteiger partial charge < -0.3 is 10.6 Å². The van der Waals surface area contributed by atoms with Gasteiger partial charge in [0.05, 0.1) is 23.2 Å². The topological polar surface area (TPSA) is 100 Å². The third-order valence-corrected chi connectivity index (χ3v) is 5.41. The Labute approximate surface area is 146 Å². The van der Waals surface area contributed by atoms with Crippen molar-refractivity contribution in [1.82, 2.24) is 4.98 Å². The molecule has 1 amide bonds. The van der Waals surface area contributed by atoms with Gasteiger partial charge in [0.1, 0.15) is 5.82 Å². The van der Waals surface area contributed by atoms with Crippen LogP contribution in [0.4, 0.5) is 17.2 Å². The van der Waals surface area contributed by atoms with Gasteiger partial charge in [-0.25, -0.2) is 13.4 Å². The van der Waals surface area contributed by atoms with Gasteiger partial charge in [0.25, 0.3) is 10.0 Å². The van der Waals surface area contributed by atoms with E-state index in [4.69, 9.17) is 0 Å². The predicted molar refractivity (Wildman–Crippen MR) is 97.2 cm³/mol. The number of carbonyl (C=O) groups excluding carboxylic acids is 1. The summed E-state index contributed by atoms with van der Waals surface area (Å²) in [6.45, 7) is 4.12. The molecule has 25 heavy (non-hydrogen) atoms. The van der Waals surface area contributed by atoms with Crippen LogP contribution in [0.15, 0.2) is 41.4 Å². The summed E-state index contributed by atoms with van der Waals surface area (Å²) in [6, 6.07) is 8.27. The molecule has 0 spiro atoms. The predicted octanol–water partition coefficient (Wildman–Crippen LogP) is 2.59. The minimum Gasteiger partial charge on any atom is -0.368 e. The van der Waals surface area contributed by atoms with E-state index in [1.54, 1.807) is 18.2 Å². The quantitative estimate of drug-likeness (QED) is 0.735. The van der Waals surface area contributed by atoms with Gasteiger partial charge >= 0.3 is 0 Å². The summed E-state index contributed by atoms with van der Waals surface area (Å²) >= 11 is 0. The number of fused-ring (bicyclic) bond motifs is 1. The lowest BCUT2D eigenvalue weighted by molar-refractivity contribution is -0.115. The van der Waals surface area contributed by atoms with Crippen LogP contribution in [-0.2, 0) is 21.2 Å². The number of nitrogens with one attached hydrogen (secondary N) is 3. The van der Waals surface area contributed by atoms with Crippen molar-refractivity contribution in [3.05, 3.63) is 42.1 Å². The summed E-state index contributed by atoms with van der Waals surface area (Å²) in [7, 11) is -3.74. The number of pyridine rings is 1. The Hall–Kier alpha value is -2.61. The third-order valence-electron chi connectivity index (χ3n) is 4.03. The van der Waals surface area contributed by atoms with E-state index in [1.807, 2.05) is 6.92 Å². The molecule has 0 saturated heterocycles. The number of carbonyl (C=O) groups is 1. The maximum Gasteiger partial charge on any atom is 0.261 e. The maximum atomic E-state index is 12.5. The molecule has 0 aliphatic carbocycles. The number of nitrogens with zero attached hydrogens (tertiary/aromatic N) is 1. The highest BCUT2D eigenvalue weighted by Crippen LogP contribution is 2.26. The number of hydrogen-bond donors (Lipinski definition) is 3. The molecule has 0 radical (unpaired) electrons. The van der Waals surface area contributed by atoms with Crippen LogP contribution >= 0.6 is 0 Å². The highest BCUT2D eigenvalue weighted by Gasteiger charge is 2.22. The second-order valence-electron chi connectivity index (χ2n) is 6.04. The fourth-order valence-corrected chi connectivity index (χ4v) is 3.57. The third kappa shape index (κ3) is 3.90. The van der Waals surface area contributed by atoms with Crippen LogP contribution in [0.3, 0.4) is 0 Å². The van der Waals surface area contributed by atoms with Crippen LogP contribution in [0.1, 0.15) is 25.8 Å². The zero-order valence-corrected chi connectivity index (χ0v) is 14.9. The Bertz CT molecular complexity index is 895. The number of aromatic nitrogens is 1. The molecule has 2 aromatic rings. The summed E-state index contributed by atoms with van der Waals surface area (Å²) in [5.74, 6) is 0.561. The number of rotatable bonds is 6. The number of hydrogen-bond acceptors (Lipinski definition) is 5. The monoisotopic (exact) mass is 360 g/mol. The van der Waals surface area contributed by atoms with E-state index in [-0.39, 0.29) is 23.3 Å². The standard InChI is InChI=1S/C17H20N4O3S/c1-3-11(2)19-16-7-4-13(10-18-16)21-25(23,24)14-5-6-15-12(8-14)9-17(22)20-15/h4-8,10-11,21H,3,9H2,1-2H3,(H,18,19)(H,20,22). The van der Waals surface area contributed by atoms with Crippen LogP contribution in [0.5, 0.6) is 0 Å². The van der Waals surface area contributed by atoms with E-state index in [9.17, 15) is 13.2 Å². The molecule has 132 valence electrons. The second kappa shape index (κ2) is 6.72. The van der Waals surface area contributed by atoms with Crippen molar-refractivity contribution in [1.29, 1.82) is 0 Å². The van der Waals surface area contributed by atoms with Gasteiger partial charge in [0.2, 0.25) is 5.91 Å². The molecule has 3 N–H and O–H groups in total. The van der Waals surface area contributed by atoms with Crippen molar-refractivity contribution >= 4 is 33.1 Å². The average Bonchev–Trinajstić information content (AvgIpc) is 2.95. The van der Waals surface area contributed by atoms with E-state index >= 15 is 0 Å². The Morgan fingerprint density at radius 2 is 2.08 bits per heavy atom. The van der Waals surface area contributed by atoms with Crippen molar-refractivity contribution in [2.24, 2.45) is 0 Å². The fraction of sp³-hybridized carbons (Fsp3) is 0.294. The minimum absolute atomic E-state index is 0.115. The zero-order chi connectivity index (χ0) is 18.0. The van der Waals surface area contributed by atoms with E-state index in [2.05, 4.69) is 27.3 Å². The van der Waals surface area contributed by atoms with Gasteiger partial charge in [-0.15, -0.1) is 0 Å². The van der Waals surface area contributed by atoms with Crippen molar-refractivity contribution in [3.63, 3.8) is 0 Å². The number of amides is 1. The first kappa shape index (κ1) is 17.2. The highest BCUT2D eigenvalue weighted by atomic mass is 32.2. The molecule has 1 aliphatic heterocycles. The van der Waals surface area contributed by atoms with E-state index in [1.165, 1.54) is 18.3 Å². The minimum atomic E-state index is -3.74. The molecule has 1 aromatic heterocycles. The van der Waals surface area contributed by atoms with Crippen molar-refractivity contribution in [3.8, 4) is 0 Å². The Morgan fingerprint density at radius 3 is 2.76 bits per heavy atom. The first-order valence-corrected chi connectivity index (χ1v) is 9.54. The van der Waals surface area contributed by atoms with Gasteiger partial charge in [-0.1, -0.05) is 6.92 Å². The first-order valence-electron chi connectivity index (χ1n) is 8.05. The van der Waals surface area contributed by atoms with Crippen molar-refractivity contribution in [2.45, 2.75) is 37.6 Å². The zero-order valence-electron chi connectivity index (χ0n) is 14.0. The van der Waals surface area contributed by atoms with E-state index in [0.717, 1.165) is 6.42 Å². The SMILES string of the molecule is CCC(C)Nc1ccc(NS(=O)(=O)c2ccc3c(c2)CC(=O)N3)cn1. The summed E-state index contributed by atoms with van der Waals surface area (Å²) in [6.07, 6.45) is 2.63.